The minimum Gasteiger partial charge on any atom is -0.381 e. The number of ether oxygens (including phenoxy) is 1. The van der Waals surface area contributed by atoms with Crippen LogP contribution < -0.4 is 5.69 Å². The summed E-state index contributed by atoms with van der Waals surface area (Å²) in [5.74, 6) is 0. The minimum atomic E-state index is -0.0464. The fraction of sp³-hybridized carbons (Fsp3) is 0.455. The van der Waals surface area contributed by atoms with Crippen LogP contribution in [0.3, 0.4) is 0 Å². The average molecular weight is 219 g/mol. The lowest BCUT2D eigenvalue weighted by Crippen LogP contribution is -2.27. The third kappa shape index (κ3) is 1.44. The molecule has 5 heteroatoms. The molecule has 0 saturated carbocycles. The quantitative estimate of drug-likeness (QED) is 0.780. The Hall–Kier alpha value is -1.62. The van der Waals surface area contributed by atoms with E-state index in [2.05, 4.69) is 9.97 Å². The maximum Gasteiger partial charge on any atom is 0.326 e. The molecule has 0 aromatic carbocycles. The Morgan fingerprint density at radius 2 is 2.25 bits per heavy atom. The lowest BCUT2D eigenvalue weighted by Gasteiger charge is -2.23. The van der Waals surface area contributed by atoms with E-state index in [-0.39, 0.29) is 11.7 Å². The van der Waals surface area contributed by atoms with Crippen molar-refractivity contribution in [2.24, 2.45) is 0 Å². The van der Waals surface area contributed by atoms with Crippen LogP contribution >= 0.6 is 0 Å². The molecule has 1 saturated heterocycles. The third-order valence-electron chi connectivity index (χ3n) is 3.07. The van der Waals surface area contributed by atoms with E-state index in [0.717, 1.165) is 37.1 Å². The van der Waals surface area contributed by atoms with Crippen molar-refractivity contribution in [2.75, 3.05) is 13.2 Å². The van der Waals surface area contributed by atoms with Gasteiger partial charge in [0.25, 0.3) is 0 Å². The van der Waals surface area contributed by atoms with Gasteiger partial charge >= 0.3 is 5.69 Å². The highest BCUT2D eigenvalue weighted by molar-refractivity contribution is 5.73. The van der Waals surface area contributed by atoms with Crippen molar-refractivity contribution in [3.63, 3.8) is 0 Å². The first-order valence-corrected chi connectivity index (χ1v) is 5.48. The fourth-order valence-corrected chi connectivity index (χ4v) is 2.28. The summed E-state index contributed by atoms with van der Waals surface area (Å²) in [5.41, 5.74) is 1.70. The van der Waals surface area contributed by atoms with Gasteiger partial charge in [0, 0.05) is 25.5 Å². The van der Waals surface area contributed by atoms with Gasteiger partial charge < -0.3 is 9.72 Å². The van der Waals surface area contributed by atoms with Gasteiger partial charge in [-0.3, -0.25) is 9.55 Å². The Labute approximate surface area is 92.1 Å². The Balaban J connectivity index is 2.14. The number of aromatic amines is 1. The monoisotopic (exact) mass is 219 g/mol. The molecule has 0 unspecified atom stereocenters. The smallest absolute Gasteiger partial charge is 0.326 e. The SMILES string of the molecule is O=c1[nH]c2cnccc2n1C1CCOCC1. The van der Waals surface area contributed by atoms with Gasteiger partial charge in [-0.2, -0.15) is 0 Å². The van der Waals surface area contributed by atoms with Gasteiger partial charge in [0.05, 0.1) is 17.2 Å². The summed E-state index contributed by atoms with van der Waals surface area (Å²) in [5, 5.41) is 0. The molecule has 2 aromatic rings. The van der Waals surface area contributed by atoms with Crippen LogP contribution in [-0.2, 0) is 4.74 Å². The number of nitrogens with zero attached hydrogens (tertiary/aromatic N) is 2. The van der Waals surface area contributed by atoms with Gasteiger partial charge in [-0.25, -0.2) is 4.79 Å². The van der Waals surface area contributed by atoms with Gasteiger partial charge in [0.2, 0.25) is 0 Å². The number of fused-ring (bicyclic) bond motifs is 1. The molecular formula is C11H13N3O2. The standard InChI is InChI=1S/C11H13N3O2/c15-11-13-9-7-12-4-1-10(9)14(11)8-2-5-16-6-3-8/h1,4,7-8H,2-3,5-6H2,(H,13,15). The summed E-state index contributed by atoms with van der Waals surface area (Å²) < 4.78 is 7.14. The van der Waals surface area contributed by atoms with E-state index in [4.69, 9.17) is 4.74 Å². The number of pyridine rings is 1. The van der Waals surface area contributed by atoms with Gasteiger partial charge in [-0.15, -0.1) is 0 Å². The highest BCUT2D eigenvalue weighted by atomic mass is 16.5. The molecule has 84 valence electrons. The Bertz CT molecular complexity index is 552. The molecule has 1 aliphatic rings. The minimum absolute atomic E-state index is 0.0464. The summed E-state index contributed by atoms with van der Waals surface area (Å²) in [7, 11) is 0. The zero-order chi connectivity index (χ0) is 11.0. The van der Waals surface area contributed by atoms with Crippen molar-refractivity contribution in [1.82, 2.24) is 14.5 Å². The zero-order valence-corrected chi connectivity index (χ0v) is 8.85. The van der Waals surface area contributed by atoms with Crippen LogP contribution in [0.5, 0.6) is 0 Å². The van der Waals surface area contributed by atoms with E-state index in [9.17, 15) is 4.79 Å². The Morgan fingerprint density at radius 1 is 1.44 bits per heavy atom. The highest BCUT2D eigenvalue weighted by Gasteiger charge is 2.19. The van der Waals surface area contributed by atoms with Gasteiger partial charge in [0.1, 0.15) is 0 Å². The third-order valence-corrected chi connectivity index (χ3v) is 3.07. The van der Waals surface area contributed by atoms with Crippen molar-refractivity contribution in [3.8, 4) is 0 Å². The molecule has 0 atom stereocenters. The molecule has 1 N–H and O–H groups in total. The fourth-order valence-electron chi connectivity index (χ4n) is 2.28. The van der Waals surface area contributed by atoms with Gasteiger partial charge in [-0.1, -0.05) is 0 Å². The van der Waals surface area contributed by atoms with E-state index >= 15 is 0 Å². The number of hydrogen-bond donors (Lipinski definition) is 1. The Kier molecular flexibility index (Phi) is 2.25. The maximum atomic E-state index is 11.9. The van der Waals surface area contributed by atoms with Crippen LogP contribution in [0.1, 0.15) is 18.9 Å². The number of hydrogen-bond acceptors (Lipinski definition) is 3. The second-order valence-electron chi connectivity index (χ2n) is 4.04. The first-order valence-electron chi connectivity index (χ1n) is 5.48. The summed E-state index contributed by atoms with van der Waals surface area (Å²) in [4.78, 5) is 18.7. The molecule has 3 heterocycles. The lowest BCUT2D eigenvalue weighted by atomic mass is 10.1. The predicted molar refractivity (Wildman–Crippen MR) is 59.4 cm³/mol. The molecule has 0 aliphatic carbocycles. The van der Waals surface area contributed by atoms with Crippen LogP contribution in [0.25, 0.3) is 11.0 Å². The predicted octanol–water partition coefficient (Wildman–Crippen LogP) is 1.08. The van der Waals surface area contributed by atoms with Gasteiger partial charge in [0.15, 0.2) is 0 Å². The first kappa shape index (κ1) is 9.59. The molecule has 0 radical (unpaired) electrons. The van der Waals surface area contributed by atoms with Gasteiger partial charge in [-0.05, 0) is 18.9 Å². The number of aromatic nitrogens is 3. The molecule has 1 aliphatic heterocycles. The molecule has 5 nitrogen and oxygen atoms in total. The first-order chi connectivity index (χ1) is 7.86. The van der Waals surface area contributed by atoms with E-state index < -0.39 is 0 Å². The normalized spacial score (nSPS) is 18.0. The van der Waals surface area contributed by atoms with E-state index in [1.165, 1.54) is 0 Å². The van der Waals surface area contributed by atoms with Crippen molar-refractivity contribution in [1.29, 1.82) is 0 Å². The molecule has 2 aromatic heterocycles. The van der Waals surface area contributed by atoms with Crippen LogP contribution in [0.15, 0.2) is 23.3 Å². The molecule has 0 bridgehead atoms. The van der Waals surface area contributed by atoms with Crippen LogP contribution in [0.2, 0.25) is 0 Å². The van der Waals surface area contributed by atoms with E-state index in [1.54, 1.807) is 12.4 Å². The van der Waals surface area contributed by atoms with Crippen molar-refractivity contribution >= 4 is 11.0 Å². The van der Waals surface area contributed by atoms with E-state index in [0.29, 0.717) is 0 Å². The number of imidazole rings is 1. The average Bonchev–Trinajstić information content (AvgIpc) is 2.66. The summed E-state index contributed by atoms with van der Waals surface area (Å²) in [6, 6.07) is 2.13. The topological polar surface area (TPSA) is 59.9 Å². The summed E-state index contributed by atoms with van der Waals surface area (Å²) in [6.45, 7) is 1.46. The number of nitrogens with one attached hydrogen (secondary N) is 1. The second-order valence-corrected chi connectivity index (χ2v) is 4.04. The van der Waals surface area contributed by atoms with Crippen LogP contribution in [-0.4, -0.2) is 27.7 Å². The largest absolute Gasteiger partial charge is 0.381 e. The molecule has 1 fully saturated rings. The number of rotatable bonds is 1. The highest BCUT2D eigenvalue weighted by Crippen LogP contribution is 2.22. The molecule has 16 heavy (non-hydrogen) atoms. The van der Waals surface area contributed by atoms with Crippen LogP contribution in [0, 0.1) is 0 Å². The molecule has 0 amide bonds. The zero-order valence-electron chi connectivity index (χ0n) is 8.85. The van der Waals surface area contributed by atoms with Crippen LogP contribution in [0.4, 0.5) is 0 Å². The van der Waals surface area contributed by atoms with Crippen molar-refractivity contribution in [3.05, 3.63) is 28.9 Å². The molecule has 0 spiro atoms. The maximum absolute atomic E-state index is 11.9. The number of H-pyrrole nitrogens is 1. The summed E-state index contributed by atoms with van der Waals surface area (Å²) in [6.07, 6.45) is 5.20. The second kappa shape index (κ2) is 3.75. The van der Waals surface area contributed by atoms with E-state index in [1.807, 2.05) is 10.6 Å². The Morgan fingerprint density at radius 3 is 3.06 bits per heavy atom. The molecular weight excluding hydrogens is 206 g/mol. The molecule has 3 rings (SSSR count). The van der Waals surface area contributed by atoms with Crippen molar-refractivity contribution < 1.29 is 4.74 Å². The summed E-state index contributed by atoms with van der Waals surface area (Å²) >= 11 is 0. The lowest BCUT2D eigenvalue weighted by molar-refractivity contribution is 0.0698. The van der Waals surface area contributed by atoms with Crippen molar-refractivity contribution in [2.45, 2.75) is 18.9 Å².